The van der Waals surface area contributed by atoms with E-state index in [1.54, 1.807) is 6.07 Å². The molecule has 0 saturated carbocycles. The van der Waals surface area contributed by atoms with E-state index in [9.17, 15) is 4.79 Å². The van der Waals surface area contributed by atoms with Gasteiger partial charge < -0.3 is 9.47 Å². The minimum Gasteiger partial charge on any atom is -0.336 e. The van der Waals surface area contributed by atoms with Crippen molar-refractivity contribution in [2.45, 2.75) is 12.5 Å². The lowest BCUT2D eigenvalue weighted by atomic mass is 10.2. The normalized spacial score (nSPS) is 18.0. The van der Waals surface area contributed by atoms with Crippen LogP contribution in [0.3, 0.4) is 0 Å². The Morgan fingerprint density at radius 1 is 1.30 bits per heavy atom. The van der Waals surface area contributed by atoms with E-state index < -0.39 is 0 Å². The van der Waals surface area contributed by atoms with Crippen molar-refractivity contribution in [1.82, 2.24) is 14.5 Å². The molecular formula is C16H13Cl2N3OS. The molecule has 0 bridgehead atoms. The van der Waals surface area contributed by atoms with Crippen LogP contribution in [0.1, 0.15) is 22.8 Å². The second-order valence-electron chi connectivity index (χ2n) is 5.57. The first-order valence-electron chi connectivity index (χ1n) is 7.29. The lowest BCUT2D eigenvalue weighted by Gasteiger charge is -2.17. The molecular weight excluding hydrogens is 353 g/mol. The summed E-state index contributed by atoms with van der Waals surface area (Å²) >= 11 is 13.3. The Kier molecular flexibility index (Phi) is 3.79. The second-order valence-corrected chi connectivity index (χ2v) is 7.86. The van der Waals surface area contributed by atoms with Crippen LogP contribution in [0.25, 0.3) is 11.0 Å². The van der Waals surface area contributed by atoms with Gasteiger partial charge in [-0.3, -0.25) is 4.79 Å². The molecule has 0 unspecified atom stereocenters. The Hall–Kier alpha value is -1.56. The lowest BCUT2D eigenvalue weighted by molar-refractivity contribution is 0.0788. The fraction of sp³-hybridized carbons (Fsp3) is 0.250. The van der Waals surface area contributed by atoms with Gasteiger partial charge in [-0.2, -0.15) is 0 Å². The van der Waals surface area contributed by atoms with Crippen LogP contribution in [0, 0.1) is 0 Å². The molecule has 7 heteroatoms. The van der Waals surface area contributed by atoms with Crippen LogP contribution in [-0.2, 0) is 0 Å². The highest BCUT2D eigenvalue weighted by Gasteiger charge is 2.30. The van der Waals surface area contributed by atoms with Gasteiger partial charge in [0.2, 0.25) is 0 Å². The van der Waals surface area contributed by atoms with Gasteiger partial charge in [0.15, 0.2) is 0 Å². The van der Waals surface area contributed by atoms with E-state index in [1.807, 2.05) is 29.4 Å². The molecule has 1 atom stereocenters. The number of para-hydroxylation sites is 2. The van der Waals surface area contributed by atoms with Gasteiger partial charge in [0, 0.05) is 13.1 Å². The molecule has 2 aromatic heterocycles. The van der Waals surface area contributed by atoms with Crippen molar-refractivity contribution in [2.75, 3.05) is 13.1 Å². The van der Waals surface area contributed by atoms with E-state index in [1.165, 1.54) is 11.3 Å². The van der Waals surface area contributed by atoms with E-state index in [0.29, 0.717) is 27.3 Å². The van der Waals surface area contributed by atoms with E-state index in [0.717, 1.165) is 17.5 Å². The standard InChI is InChI=1S/C16H13Cl2N3OS/c17-14-7-11(15(18)23-14)16(22)20-6-5-10(8-20)21-9-19-12-3-1-2-4-13(12)21/h1-4,7,9-10H,5-6,8H2/t10-/m0/s1. The maximum absolute atomic E-state index is 12.6. The van der Waals surface area contributed by atoms with Crippen LogP contribution in [0.5, 0.6) is 0 Å². The van der Waals surface area contributed by atoms with Gasteiger partial charge in [-0.1, -0.05) is 35.3 Å². The third-order valence-corrected chi connectivity index (χ3v) is 5.70. The Morgan fingerprint density at radius 3 is 2.91 bits per heavy atom. The number of fused-ring (bicyclic) bond motifs is 1. The molecule has 1 aromatic carbocycles. The van der Waals surface area contributed by atoms with Crippen molar-refractivity contribution >= 4 is 51.5 Å². The molecule has 0 spiro atoms. The van der Waals surface area contributed by atoms with Gasteiger partial charge in [0.05, 0.1) is 33.3 Å². The second kappa shape index (κ2) is 5.82. The molecule has 1 aliphatic heterocycles. The average molecular weight is 366 g/mol. The average Bonchev–Trinajstić information content (AvgIpc) is 3.24. The van der Waals surface area contributed by atoms with Gasteiger partial charge >= 0.3 is 0 Å². The molecule has 3 aromatic rings. The minimum atomic E-state index is -0.0509. The van der Waals surface area contributed by atoms with Crippen LogP contribution in [0.4, 0.5) is 0 Å². The Balaban J connectivity index is 1.57. The van der Waals surface area contributed by atoms with Gasteiger partial charge in [-0.05, 0) is 24.6 Å². The highest BCUT2D eigenvalue weighted by molar-refractivity contribution is 7.20. The number of benzene rings is 1. The summed E-state index contributed by atoms with van der Waals surface area (Å²) in [5.41, 5.74) is 2.58. The van der Waals surface area contributed by atoms with Crippen molar-refractivity contribution in [1.29, 1.82) is 0 Å². The number of thiophene rings is 1. The number of amides is 1. The Morgan fingerprint density at radius 2 is 2.13 bits per heavy atom. The van der Waals surface area contributed by atoms with Gasteiger partial charge in [-0.25, -0.2) is 4.98 Å². The number of nitrogens with zero attached hydrogens (tertiary/aromatic N) is 3. The van der Waals surface area contributed by atoms with E-state index >= 15 is 0 Å². The number of rotatable bonds is 2. The fourth-order valence-corrected chi connectivity index (χ4v) is 4.53. The van der Waals surface area contributed by atoms with Crippen molar-refractivity contribution < 1.29 is 4.79 Å². The smallest absolute Gasteiger partial charge is 0.256 e. The molecule has 4 rings (SSSR count). The van der Waals surface area contributed by atoms with Gasteiger partial charge in [-0.15, -0.1) is 11.3 Å². The largest absolute Gasteiger partial charge is 0.336 e. The summed E-state index contributed by atoms with van der Waals surface area (Å²) in [6.07, 6.45) is 2.76. The van der Waals surface area contributed by atoms with Crippen molar-refractivity contribution in [2.24, 2.45) is 0 Å². The maximum atomic E-state index is 12.6. The van der Waals surface area contributed by atoms with E-state index in [-0.39, 0.29) is 11.9 Å². The number of carbonyl (C=O) groups is 1. The molecule has 0 N–H and O–H groups in total. The molecule has 0 aliphatic carbocycles. The summed E-state index contributed by atoms with van der Waals surface area (Å²) in [6, 6.07) is 9.92. The number of aromatic nitrogens is 2. The molecule has 0 radical (unpaired) electrons. The van der Waals surface area contributed by atoms with Crippen molar-refractivity contribution in [3.63, 3.8) is 0 Å². The van der Waals surface area contributed by atoms with Crippen molar-refractivity contribution in [3.8, 4) is 0 Å². The first-order chi connectivity index (χ1) is 11.1. The van der Waals surface area contributed by atoms with Crippen LogP contribution >= 0.6 is 34.5 Å². The zero-order chi connectivity index (χ0) is 16.0. The SMILES string of the molecule is O=C(c1cc(Cl)sc1Cl)N1CC[C@H](n2cnc3ccccc32)C1. The number of likely N-dealkylation sites (tertiary alicyclic amines) is 1. The highest BCUT2D eigenvalue weighted by atomic mass is 35.5. The predicted octanol–water partition coefficient (Wildman–Crippen LogP) is 4.49. The van der Waals surface area contributed by atoms with Gasteiger partial charge in [0.25, 0.3) is 5.91 Å². The summed E-state index contributed by atoms with van der Waals surface area (Å²) in [6.45, 7) is 1.36. The van der Waals surface area contributed by atoms with Crippen LogP contribution in [-0.4, -0.2) is 33.4 Å². The summed E-state index contributed by atoms with van der Waals surface area (Å²) in [4.78, 5) is 18.9. The Labute approximate surface area is 147 Å². The number of carbonyl (C=O) groups excluding carboxylic acids is 1. The number of hydrogen-bond acceptors (Lipinski definition) is 3. The maximum Gasteiger partial charge on any atom is 0.256 e. The molecule has 1 amide bonds. The molecule has 1 aliphatic rings. The summed E-state index contributed by atoms with van der Waals surface area (Å²) < 4.78 is 3.15. The topological polar surface area (TPSA) is 38.1 Å². The molecule has 118 valence electrons. The zero-order valence-electron chi connectivity index (χ0n) is 12.1. The number of hydrogen-bond donors (Lipinski definition) is 0. The van der Waals surface area contributed by atoms with Crippen molar-refractivity contribution in [3.05, 3.63) is 50.9 Å². The Bertz CT molecular complexity index is 888. The molecule has 1 fully saturated rings. The number of halogens is 2. The van der Waals surface area contributed by atoms with Gasteiger partial charge in [0.1, 0.15) is 4.34 Å². The fourth-order valence-electron chi connectivity index (χ4n) is 3.08. The van der Waals surface area contributed by atoms with Crippen LogP contribution in [0.2, 0.25) is 8.67 Å². The monoisotopic (exact) mass is 365 g/mol. The molecule has 23 heavy (non-hydrogen) atoms. The molecule has 3 heterocycles. The third-order valence-electron chi connectivity index (χ3n) is 4.21. The highest BCUT2D eigenvalue weighted by Crippen LogP contribution is 2.34. The van der Waals surface area contributed by atoms with Crippen LogP contribution < -0.4 is 0 Å². The lowest BCUT2D eigenvalue weighted by Crippen LogP contribution is -2.28. The first-order valence-corrected chi connectivity index (χ1v) is 8.86. The first kappa shape index (κ1) is 15.0. The molecule has 1 saturated heterocycles. The zero-order valence-corrected chi connectivity index (χ0v) is 14.4. The van der Waals surface area contributed by atoms with Crippen LogP contribution in [0.15, 0.2) is 36.7 Å². The third kappa shape index (κ3) is 2.63. The number of imidazole rings is 1. The predicted molar refractivity (Wildman–Crippen MR) is 93.6 cm³/mol. The summed E-state index contributed by atoms with van der Waals surface area (Å²) in [7, 11) is 0. The minimum absolute atomic E-state index is 0.0509. The summed E-state index contributed by atoms with van der Waals surface area (Å²) in [5, 5.41) is 0. The summed E-state index contributed by atoms with van der Waals surface area (Å²) in [5.74, 6) is -0.0509. The van der Waals surface area contributed by atoms with E-state index in [4.69, 9.17) is 23.2 Å². The molecule has 4 nitrogen and oxygen atoms in total. The quantitative estimate of drug-likeness (QED) is 0.670. The van der Waals surface area contributed by atoms with E-state index in [2.05, 4.69) is 15.6 Å².